The number of anilines is 1. The van der Waals surface area contributed by atoms with Gasteiger partial charge < -0.3 is 10.3 Å². The van der Waals surface area contributed by atoms with Gasteiger partial charge in [0.1, 0.15) is 5.52 Å². The van der Waals surface area contributed by atoms with E-state index in [2.05, 4.69) is 15.0 Å². The van der Waals surface area contributed by atoms with Gasteiger partial charge in [-0.1, -0.05) is 12.1 Å². The summed E-state index contributed by atoms with van der Waals surface area (Å²) in [6.07, 6.45) is 1.58. The third-order valence-corrected chi connectivity index (χ3v) is 3.13. The van der Waals surface area contributed by atoms with Gasteiger partial charge in [-0.3, -0.25) is 10.1 Å². The van der Waals surface area contributed by atoms with E-state index < -0.39 is 4.92 Å². The number of halogens is 1. The number of nitrogen functional groups attached to an aromatic ring is 1. The summed E-state index contributed by atoms with van der Waals surface area (Å²) in [6.45, 7) is 0.446. The van der Waals surface area contributed by atoms with E-state index in [1.54, 1.807) is 23.0 Å². The Morgan fingerprint density at radius 2 is 2.00 bits per heavy atom. The number of nitro benzene ring substituents is 1. The fourth-order valence-electron chi connectivity index (χ4n) is 1.97. The molecule has 0 saturated carbocycles. The van der Waals surface area contributed by atoms with Crippen molar-refractivity contribution in [3.63, 3.8) is 0 Å². The van der Waals surface area contributed by atoms with Crippen molar-refractivity contribution in [2.45, 2.75) is 6.54 Å². The third kappa shape index (κ3) is 2.48. The number of benzene rings is 1. The topological polar surface area (TPSA) is 113 Å². The van der Waals surface area contributed by atoms with Crippen LogP contribution in [-0.4, -0.2) is 24.4 Å². The lowest BCUT2D eigenvalue weighted by atomic mass is 10.2. The summed E-state index contributed by atoms with van der Waals surface area (Å²) < 4.78 is 1.75. The van der Waals surface area contributed by atoms with E-state index in [9.17, 15) is 10.1 Å². The molecule has 0 radical (unpaired) electrons. The number of nitrogens with zero attached hydrogens (tertiary/aromatic N) is 5. The van der Waals surface area contributed by atoms with E-state index in [0.717, 1.165) is 5.56 Å². The number of imidazole rings is 1. The average Bonchev–Trinajstić information content (AvgIpc) is 2.83. The monoisotopic (exact) mass is 304 g/mol. The molecule has 8 nitrogen and oxygen atoms in total. The number of hydrogen-bond acceptors (Lipinski definition) is 6. The first kappa shape index (κ1) is 13.3. The summed E-state index contributed by atoms with van der Waals surface area (Å²) in [5.41, 5.74) is 7.64. The van der Waals surface area contributed by atoms with E-state index in [1.165, 1.54) is 12.1 Å². The van der Waals surface area contributed by atoms with Crippen LogP contribution in [0.5, 0.6) is 0 Å². The number of nitrogens with two attached hydrogens (primary N) is 1. The van der Waals surface area contributed by atoms with Gasteiger partial charge in [-0.2, -0.15) is 9.97 Å². The summed E-state index contributed by atoms with van der Waals surface area (Å²) in [5.74, 6) is 0.215. The Bertz CT molecular complexity index is 830. The van der Waals surface area contributed by atoms with Gasteiger partial charge in [0.2, 0.25) is 5.28 Å². The molecule has 0 saturated heterocycles. The van der Waals surface area contributed by atoms with Crippen LogP contribution in [0.15, 0.2) is 30.6 Å². The lowest BCUT2D eigenvalue weighted by Crippen LogP contribution is -2.01. The van der Waals surface area contributed by atoms with Crippen LogP contribution >= 0.6 is 11.6 Å². The standard InChI is InChI=1S/C12H9ClN6O2/c13-12-16-10(14)9-11(17-12)18(6-15-9)5-7-1-3-8(4-2-7)19(20)21/h1-4,6H,5H2,(H2,14,16,17). The molecule has 1 aromatic carbocycles. The van der Waals surface area contributed by atoms with E-state index >= 15 is 0 Å². The van der Waals surface area contributed by atoms with Gasteiger partial charge in [-0.25, -0.2) is 4.98 Å². The molecule has 0 aliphatic rings. The van der Waals surface area contributed by atoms with Gasteiger partial charge in [0, 0.05) is 12.1 Å². The van der Waals surface area contributed by atoms with Crippen LogP contribution in [0.1, 0.15) is 5.56 Å². The minimum absolute atomic E-state index is 0.0452. The van der Waals surface area contributed by atoms with Crippen LogP contribution in [0.25, 0.3) is 11.2 Å². The van der Waals surface area contributed by atoms with Crippen molar-refractivity contribution in [2.75, 3.05) is 5.73 Å². The largest absolute Gasteiger partial charge is 0.382 e. The van der Waals surface area contributed by atoms with Crippen LogP contribution in [0.4, 0.5) is 11.5 Å². The van der Waals surface area contributed by atoms with E-state index in [-0.39, 0.29) is 16.8 Å². The maximum absolute atomic E-state index is 10.6. The van der Waals surface area contributed by atoms with Gasteiger partial charge in [0.15, 0.2) is 11.5 Å². The van der Waals surface area contributed by atoms with Crippen molar-refractivity contribution in [2.24, 2.45) is 0 Å². The van der Waals surface area contributed by atoms with Gasteiger partial charge in [-0.15, -0.1) is 0 Å². The van der Waals surface area contributed by atoms with E-state index in [4.69, 9.17) is 17.3 Å². The fourth-order valence-corrected chi connectivity index (χ4v) is 2.15. The molecule has 0 aliphatic heterocycles. The SMILES string of the molecule is Nc1nc(Cl)nc2c1ncn2Cc1ccc([N+](=O)[O-])cc1. The Hall–Kier alpha value is -2.74. The summed E-state index contributed by atoms with van der Waals surface area (Å²) in [7, 11) is 0. The highest BCUT2D eigenvalue weighted by molar-refractivity contribution is 6.28. The van der Waals surface area contributed by atoms with Crippen molar-refractivity contribution in [3.8, 4) is 0 Å². The molecule has 2 aromatic heterocycles. The molecule has 0 amide bonds. The lowest BCUT2D eigenvalue weighted by Gasteiger charge is -2.04. The zero-order valence-corrected chi connectivity index (χ0v) is 11.4. The molecule has 2 heterocycles. The summed E-state index contributed by atoms with van der Waals surface area (Å²) in [6, 6.07) is 6.25. The number of rotatable bonds is 3. The van der Waals surface area contributed by atoms with Crippen LogP contribution in [0.2, 0.25) is 5.28 Å². The first-order chi connectivity index (χ1) is 10.0. The van der Waals surface area contributed by atoms with Crippen molar-refractivity contribution in [1.82, 2.24) is 19.5 Å². The minimum Gasteiger partial charge on any atom is -0.382 e. The van der Waals surface area contributed by atoms with Crippen LogP contribution < -0.4 is 5.73 Å². The summed E-state index contributed by atoms with van der Waals surface area (Å²) >= 11 is 5.79. The van der Waals surface area contributed by atoms with Gasteiger partial charge in [-0.05, 0) is 17.2 Å². The molecule has 21 heavy (non-hydrogen) atoms. The highest BCUT2D eigenvalue weighted by Gasteiger charge is 2.11. The fraction of sp³-hybridized carbons (Fsp3) is 0.0833. The molecule has 9 heteroatoms. The van der Waals surface area contributed by atoms with Crippen LogP contribution in [0, 0.1) is 10.1 Å². The quantitative estimate of drug-likeness (QED) is 0.450. The predicted octanol–water partition coefficient (Wildman–Crippen LogP) is 2.02. The molecule has 0 unspecified atom stereocenters. The first-order valence-corrected chi connectivity index (χ1v) is 6.29. The second-order valence-corrected chi connectivity index (χ2v) is 4.68. The number of aromatic nitrogens is 4. The molecule has 0 fully saturated rings. The van der Waals surface area contributed by atoms with Crippen LogP contribution in [-0.2, 0) is 6.54 Å². The molecule has 0 aliphatic carbocycles. The number of non-ortho nitro benzene ring substituents is 1. The molecule has 3 aromatic rings. The van der Waals surface area contributed by atoms with Gasteiger partial charge >= 0.3 is 0 Å². The zero-order valence-electron chi connectivity index (χ0n) is 10.6. The van der Waals surface area contributed by atoms with Crippen molar-refractivity contribution in [3.05, 3.63) is 51.6 Å². The molecule has 2 N–H and O–H groups in total. The smallest absolute Gasteiger partial charge is 0.269 e. The van der Waals surface area contributed by atoms with Gasteiger partial charge in [0.25, 0.3) is 5.69 Å². The molecular weight excluding hydrogens is 296 g/mol. The Morgan fingerprint density at radius 3 is 2.67 bits per heavy atom. The number of nitro groups is 1. The predicted molar refractivity (Wildman–Crippen MR) is 76.9 cm³/mol. The maximum Gasteiger partial charge on any atom is 0.269 e. The first-order valence-electron chi connectivity index (χ1n) is 5.92. The average molecular weight is 305 g/mol. The molecular formula is C12H9ClN6O2. The Labute approximate surface area is 123 Å². The zero-order chi connectivity index (χ0) is 15.0. The highest BCUT2D eigenvalue weighted by atomic mass is 35.5. The molecule has 0 bridgehead atoms. The summed E-state index contributed by atoms with van der Waals surface area (Å²) in [5, 5.41) is 10.7. The van der Waals surface area contributed by atoms with Gasteiger partial charge in [0.05, 0.1) is 17.8 Å². The number of hydrogen-bond donors (Lipinski definition) is 1. The normalized spacial score (nSPS) is 10.9. The maximum atomic E-state index is 10.6. The second-order valence-electron chi connectivity index (χ2n) is 4.35. The lowest BCUT2D eigenvalue weighted by molar-refractivity contribution is -0.384. The third-order valence-electron chi connectivity index (χ3n) is 2.96. The summed E-state index contributed by atoms with van der Waals surface area (Å²) in [4.78, 5) is 22.3. The van der Waals surface area contributed by atoms with E-state index in [1.807, 2.05) is 0 Å². The van der Waals surface area contributed by atoms with Crippen LogP contribution in [0.3, 0.4) is 0 Å². The molecule has 0 spiro atoms. The molecule has 106 valence electrons. The van der Waals surface area contributed by atoms with E-state index in [0.29, 0.717) is 17.7 Å². The Morgan fingerprint density at radius 1 is 1.29 bits per heavy atom. The Kier molecular flexibility index (Phi) is 3.15. The molecule has 3 rings (SSSR count). The van der Waals surface area contributed by atoms with Crippen molar-refractivity contribution < 1.29 is 4.92 Å². The van der Waals surface area contributed by atoms with Crippen molar-refractivity contribution in [1.29, 1.82) is 0 Å². The molecule has 0 atom stereocenters. The second kappa shape index (κ2) is 4.98. The highest BCUT2D eigenvalue weighted by Crippen LogP contribution is 2.20. The number of fused-ring (bicyclic) bond motifs is 1. The minimum atomic E-state index is -0.440. The van der Waals surface area contributed by atoms with Crippen molar-refractivity contribution >= 4 is 34.3 Å². The Balaban J connectivity index is 1.96.